The molecule has 0 bridgehead atoms. The molecule has 0 amide bonds. The Kier molecular flexibility index (Phi) is 4.90. The Morgan fingerprint density at radius 3 is 2.96 bits per heavy atom. The number of aromatic nitrogens is 1. The van der Waals surface area contributed by atoms with Gasteiger partial charge < -0.3 is 4.40 Å². The van der Waals surface area contributed by atoms with Crippen LogP contribution in [0.25, 0.3) is 5.52 Å². The second-order valence-corrected chi connectivity index (χ2v) is 8.21. The van der Waals surface area contributed by atoms with Gasteiger partial charge in [-0.25, -0.2) is 13.1 Å². The second kappa shape index (κ2) is 6.93. The summed E-state index contributed by atoms with van der Waals surface area (Å²) in [4.78, 5) is 2.29. The molecule has 1 saturated heterocycles. The first-order valence-electron chi connectivity index (χ1n) is 8.15. The van der Waals surface area contributed by atoms with Crippen LogP contribution in [0.3, 0.4) is 0 Å². The summed E-state index contributed by atoms with van der Waals surface area (Å²) in [7, 11) is -3.19. The third kappa shape index (κ3) is 3.78. The van der Waals surface area contributed by atoms with Gasteiger partial charge in [0.05, 0.1) is 17.3 Å². The first-order chi connectivity index (χ1) is 11.5. The monoisotopic (exact) mass is 346 g/mol. The molecule has 3 heterocycles. The maximum atomic E-state index is 11.4. The lowest BCUT2D eigenvalue weighted by atomic mass is 10.0. The van der Waals surface area contributed by atoms with Crippen molar-refractivity contribution in [2.45, 2.75) is 31.8 Å². The molecule has 2 aromatic heterocycles. The maximum absolute atomic E-state index is 11.4. The van der Waals surface area contributed by atoms with E-state index >= 15 is 0 Å². The molecule has 1 atom stereocenters. The third-order valence-electron chi connectivity index (χ3n) is 4.58. The van der Waals surface area contributed by atoms with E-state index in [9.17, 15) is 13.7 Å². The topological polar surface area (TPSA) is 77.6 Å². The molecule has 7 heteroatoms. The van der Waals surface area contributed by atoms with Crippen LogP contribution in [0.15, 0.2) is 30.6 Å². The Bertz CT molecular complexity index is 866. The zero-order valence-corrected chi connectivity index (χ0v) is 14.6. The van der Waals surface area contributed by atoms with Crippen LogP contribution in [0.2, 0.25) is 0 Å². The molecule has 2 aromatic rings. The van der Waals surface area contributed by atoms with E-state index in [0.717, 1.165) is 36.9 Å². The lowest BCUT2D eigenvalue weighted by Gasteiger charge is -2.35. The first-order valence-corrected chi connectivity index (χ1v) is 10.0. The van der Waals surface area contributed by atoms with Gasteiger partial charge in [0.15, 0.2) is 0 Å². The number of rotatable bonds is 5. The summed E-state index contributed by atoms with van der Waals surface area (Å²) < 4.78 is 27.4. The second-order valence-electron chi connectivity index (χ2n) is 6.37. The minimum atomic E-state index is -3.19. The number of piperidine rings is 1. The molecule has 0 saturated carbocycles. The molecule has 128 valence electrons. The van der Waals surface area contributed by atoms with Gasteiger partial charge >= 0.3 is 0 Å². The molecular weight excluding hydrogens is 324 g/mol. The van der Waals surface area contributed by atoms with Gasteiger partial charge in [0.1, 0.15) is 6.07 Å². The van der Waals surface area contributed by atoms with Crippen molar-refractivity contribution in [3.8, 4) is 6.07 Å². The molecule has 1 unspecified atom stereocenters. The minimum absolute atomic E-state index is 0.169. The number of fused-ring (bicyclic) bond motifs is 1. The number of nitriles is 1. The van der Waals surface area contributed by atoms with Crippen molar-refractivity contribution in [2.24, 2.45) is 0 Å². The summed E-state index contributed by atoms with van der Waals surface area (Å²) in [6.45, 7) is 2.02. The molecule has 6 nitrogen and oxygen atoms in total. The van der Waals surface area contributed by atoms with Crippen molar-refractivity contribution in [1.29, 1.82) is 5.26 Å². The van der Waals surface area contributed by atoms with Crippen LogP contribution in [0.4, 0.5) is 0 Å². The van der Waals surface area contributed by atoms with Gasteiger partial charge in [0, 0.05) is 37.1 Å². The van der Waals surface area contributed by atoms with Gasteiger partial charge in [0.2, 0.25) is 10.0 Å². The Hall–Kier alpha value is -1.88. The standard InChI is InChI=1S/C17H22N4O2S/c1-24(22,23)19-11-15-6-2-4-8-20(15)12-14-13-21-9-5-3-7-17(21)16(14)10-18/h3,5,7,9,13,15,19H,2,4,6,8,11-12H2,1H3. The summed E-state index contributed by atoms with van der Waals surface area (Å²) in [5, 5.41) is 9.54. The number of nitrogens with zero attached hydrogens (tertiary/aromatic N) is 3. The van der Waals surface area contributed by atoms with Gasteiger partial charge in [-0.1, -0.05) is 12.5 Å². The maximum Gasteiger partial charge on any atom is 0.208 e. The average Bonchev–Trinajstić information content (AvgIpc) is 2.90. The van der Waals surface area contributed by atoms with Crippen LogP contribution in [0, 0.1) is 11.3 Å². The van der Waals surface area contributed by atoms with E-state index in [1.54, 1.807) is 0 Å². The molecule has 0 aliphatic carbocycles. The van der Waals surface area contributed by atoms with Crippen molar-refractivity contribution in [2.75, 3.05) is 19.3 Å². The molecule has 0 aromatic carbocycles. The largest absolute Gasteiger partial charge is 0.322 e. The molecule has 24 heavy (non-hydrogen) atoms. The fourth-order valence-electron chi connectivity index (χ4n) is 3.39. The lowest BCUT2D eigenvalue weighted by molar-refractivity contribution is 0.142. The van der Waals surface area contributed by atoms with Gasteiger partial charge in [0.25, 0.3) is 0 Å². The van der Waals surface area contributed by atoms with E-state index < -0.39 is 10.0 Å². The molecule has 0 spiro atoms. The number of hydrogen-bond acceptors (Lipinski definition) is 4. The normalized spacial score (nSPS) is 19.4. The van der Waals surface area contributed by atoms with E-state index in [1.807, 2.05) is 35.0 Å². The quantitative estimate of drug-likeness (QED) is 0.894. The van der Waals surface area contributed by atoms with Crippen LogP contribution in [-0.4, -0.2) is 43.1 Å². The Morgan fingerprint density at radius 1 is 1.38 bits per heavy atom. The summed E-state index contributed by atoms with van der Waals surface area (Å²) in [6, 6.07) is 8.31. The molecule has 0 radical (unpaired) electrons. The van der Waals surface area contributed by atoms with E-state index in [-0.39, 0.29) is 6.04 Å². The predicted molar refractivity (Wildman–Crippen MR) is 93.0 cm³/mol. The molecule has 1 N–H and O–H groups in total. The summed E-state index contributed by atoms with van der Waals surface area (Å²) in [5.41, 5.74) is 2.61. The fourth-order valence-corrected chi connectivity index (χ4v) is 3.89. The van der Waals surface area contributed by atoms with E-state index in [2.05, 4.69) is 15.7 Å². The zero-order chi connectivity index (χ0) is 17.2. The molecule has 1 aliphatic heterocycles. The molecule has 3 rings (SSSR count). The third-order valence-corrected chi connectivity index (χ3v) is 5.27. The van der Waals surface area contributed by atoms with Crippen molar-refractivity contribution < 1.29 is 8.42 Å². The Balaban J connectivity index is 1.82. The van der Waals surface area contributed by atoms with Crippen LogP contribution in [-0.2, 0) is 16.6 Å². The van der Waals surface area contributed by atoms with E-state index in [4.69, 9.17) is 0 Å². The van der Waals surface area contributed by atoms with Crippen LogP contribution < -0.4 is 4.72 Å². The summed E-state index contributed by atoms with van der Waals surface area (Å²) >= 11 is 0. The van der Waals surface area contributed by atoms with Crippen molar-refractivity contribution in [3.05, 3.63) is 41.7 Å². The lowest BCUT2D eigenvalue weighted by Crippen LogP contribution is -2.46. The highest BCUT2D eigenvalue weighted by molar-refractivity contribution is 7.88. The number of sulfonamides is 1. The van der Waals surface area contributed by atoms with Gasteiger partial charge in [-0.2, -0.15) is 5.26 Å². The predicted octanol–water partition coefficient (Wildman–Crippen LogP) is 1.71. The van der Waals surface area contributed by atoms with Crippen LogP contribution >= 0.6 is 0 Å². The van der Waals surface area contributed by atoms with Crippen molar-refractivity contribution in [1.82, 2.24) is 14.0 Å². The highest BCUT2D eigenvalue weighted by Crippen LogP contribution is 2.24. The average molecular weight is 346 g/mol. The van der Waals surface area contributed by atoms with E-state index in [1.165, 1.54) is 6.26 Å². The molecule has 1 fully saturated rings. The van der Waals surface area contributed by atoms with Crippen molar-refractivity contribution >= 4 is 15.5 Å². The highest BCUT2D eigenvalue weighted by Gasteiger charge is 2.24. The SMILES string of the molecule is CS(=O)(=O)NCC1CCCCN1Cc1cn2ccccc2c1C#N. The molecular formula is C17H22N4O2S. The van der Waals surface area contributed by atoms with Gasteiger partial charge in [-0.05, 0) is 31.5 Å². The van der Waals surface area contributed by atoms with Gasteiger partial charge in [-0.15, -0.1) is 0 Å². The number of nitrogens with one attached hydrogen (secondary N) is 1. The van der Waals surface area contributed by atoms with Gasteiger partial charge in [-0.3, -0.25) is 4.90 Å². The number of pyridine rings is 1. The first kappa shape index (κ1) is 17.0. The van der Waals surface area contributed by atoms with Crippen molar-refractivity contribution in [3.63, 3.8) is 0 Å². The minimum Gasteiger partial charge on any atom is -0.322 e. The van der Waals surface area contributed by atoms with Crippen LogP contribution in [0.1, 0.15) is 30.4 Å². The molecule has 1 aliphatic rings. The Labute approximate surface area is 142 Å². The highest BCUT2D eigenvalue weighted by atomic mass is 32.2. The summed E-state index contributed by atoms with van der Waals surface area (Å²) in [5.74, 6) is 0. The van der Waals surface area contributed by atoms with E-state index in [0.29, 0.717) is 18.7 Å². The zero-order valence-electron chi connectivity index (χ0n) is 13.8. The number of likely N-dealkylation sites (tertiary alicyclic amines) is 1. The summed E-state index contributed by atoms with van der Waals surface area (Å²) in [6.07, 6.45) is 8.31. The smallest absolute Gasteiger partial charge is 0.208 e. The van der Waals surface area contributed by atoms with Crippen LogP contribution in [0.5, 0.6) is 0 Å². The Morgan fingerprint density at radius 2 is 2.21 bits per heavy atom. The number of hydrogen-bond donors (Lipinski definition) is 1. The fraction of sp³-hybridized carbons (Fsp3) is 0.471.